The fraction of sp³-hybridized carbons (Fsp3) is 0.833. The summed E-state index contributed by atoms with van der Waals surface area (Å²) < 4.78 is 10.4. The van der Waals surface area contributed by atoms with Crippen LogP contribution in [-0.4, -0.2) is 46.5 Å². The Morgan fingerprint density at radius 3 is 2.32 bits per heavy atom. The summed E-state index contributed by atoms with van der Waals surface area (Å²) in [7, 11) is 0. The van der Waals surface area contributed by atoms with E-state index in [9.17, 15) is 9.59 Å². The number of rotatable bonds is 3. The zero-order valence-corrected chi connectivity index (χ0v) is 11.6. The third-order valence-electron chi connectivity index (χ3n) is 3.01. The van der Waals surface area contributed by atoms with Gasteiger partial charge in [-0.05, 0) is 33.6 Å². The number of hydrogen-bond acceptors (Lipinski definition) is 5. The second-order valence-corrected chi connectivity index (χ2v) is 5.76. The van der Waals surface area contributed by atoms with Crippen molar-refractivity contribution in [2.75, 3.05) is 13.2 Å². The number of carbonyl (C=O) groups is 2. The molecule has 7 nitrogen and oxygen atoms in total. The number of nitrogens with zero attached hydrogens (tertiary/aromatic N) is 1. The summed E-state index contributed by atoms with van der Waals surface area (Å²) in [6.07, 6.45) is -0.161. The minimum Gasteiger partial charge on any atom is -0.481 e. The number of carboxylic acid groups (broad SMARTS) is 1. The fourth-order valence-corrected chi connectivity index (χ4v) is 2.04. The summed E-state index contributed by atoms with van der Waals surface area (Å²) in [5.41, 5.74) is -1.61. The molecule has 19 heavy (non-hydrogen) atoms. The maximum atomic E-state index is 12.0. The van der Waals surface area contributed by atoms with Crippen molar-refractivity contribution in [3.8, 4) is 0 Å². The van der Waals surface area contributed by atoms with E-state index in [0.717, 1.165) is 5.01 Å². The number of carboxylic acids is 1. The molecule has 0 spiro atoms. The average molecular weight is 274 g/mol. The number of hydrazine groups is 1. The normalized spacial score (nSPS) is 18.7. The molecule has 0 radical (unpaired) electrons. The summed E-state index contributed by atoms with van der Waals surface area (Å²) >= 11 is 0. The lowest BCUT2D eigenvalue weighted by atomic mass is 9.86. The first kappa shape index (κ1) is 15.7. The van der Waals surface area contributed by atoms with Crippen molar-refractivity contribution in [2.24, 2.45) is 5.84 Å². The van der Waals surface area contributed by atoms with E-state index in [1.54, 1.807) is 20.8 Å². The molecule has 1 rings (SSSR count). The van der Waals surface area contributed by atoms with Gasteiger partial charge in [-0.1, -0.05) is 0 Å². The van der Waals surface area contributed by atoms with Gasteiger partial charge in [0, 0.05) is 13.2 Å². The van der Waals surface area contributed by atoms with E-state index in [-0.39, 0.29) is 6.42 Å². The first-order valence-corrected chi connectivity index (χ1v) is 6.24. The lowest BCUT2D eigenvalue weighted by Gasteiger charge is -2.42. The van der Waals surface area contributed by atoms with Gasteiger partial charge in [0.2, 0.25) is 0 Å². The molecule has 1 aliphatic rings. The SMILES string of the molecule is CC(C)(C)OC(=O)N(N)C1(CC(=O)O)CCOCC1. The fourth-order valence-electron chi connectivity index (χ4n) is 2.04. The molecule has 3 N–H and O–H groups in total. The second-order valence-electron chi connectivity index (χ2n) is 5.76. The van der Waals surface area contributed by atoms with Gasteiger partial charge in [-0.25, -0.2) is 15.6 Å². The van der Waals surface area contributed by atoms with Gasteiger partial charge < -0.3 is 14.6 Å². The van der Waals surface area contributed by atoms with Crippen molar-refractivity contribution in [2.45, 2.75) is 51.2 Å². The third kappa shape index (κ3) is 4.36. The second kappa shape index (κ2) is 5.75. The molecule has 0 bridgehead atoms. The molecule has 1 heterocycles. The van der Waals surface area contributed by atoms with E-state index in [4.69, 9.17) is 20.4 Å². The van der Waals surface area contributed by atoms with Crippen molar-refractivity contribution in [1.82, 2.24) is 5.01 Å². The van der Waals surface area contributed by atoms with Crippen LogP contribution in [0, 0.1) is 0 Å². The first-order valence-electron chi connectivity index (χ1n) is 6.24. The summed E-state index contributed by atoms with van der Waals surface area (Å²) in [4.78, 5) is 23.0. The predicted molar refractivity (Wildman–Crippen MR) is 67.3 cm³/mol. The number of carbonyl (C=O) groups excluding carboxylic acids is 1. The highest BCUT2D eigenvalue weighted by atomic mass is 16.6. The Labute approximate surface area is 112 Å². The smallest absolute Gasteiger partial charge is 0.425 e. The number of nitrogens with two attached hydrogens (primary N) is 1. The Morgan fingerprint density at radius 1 is 1.37 bits per heavy atom. The van der Waals surface area contributed by atoms with E-state index in [1.165, 1.54) is 0 Å². The van der Waals surface area contributed by atoms with Crippen LogP contribution in [0.2, 0.25) is 0 Å². The van der Waals surface area contributed by atoms with Crippen LogP contribution in [0.5, 0.6) is 0 Å². The maximum Gasteiger partial charge on any atom is 0.425 e. The van der Waals surface area contributed by atoms with E-state index in [2.05, 4.69) is 0 Å². The van der Waals surface area contributed by atoms with Gasteiger partial charge >= 0.3 is 12.1 Å². The van der Waals surface area contributed by atoms with Crippen molar-refractivity contribution >= 4 is 12.1 Å². The highest BCUT2D eigenvalue weighted by Gasteiger charge is 2.43. The van der Waals surface area contributed by atoms with Gasteiger partial charge in [0.1, 0.15) is 5.60 Å². The monoisotopic (exact) mass is 274 g/mol. The molecule has 0 unspecified atom stereocenters. The lowest BCUT2D eigenvalue weighted by molar-refractivity contribution is -0.142. The van der Waals surface area contributed by atoms with Gasteiger partial charge in [-0.2, -0.15) is 0 Å². The van der Waals surface area contributed by atoms with E-state index in [0.29, 0.717) is 26.1 Å². The maximum absolute atomic E-state index is 12.0. The molecule has 0 atom stereocenters. The van der Waals surface area contributed by atoms with Crippen molar-refractivity contribution in [3.05, 3.63) is 0 Å². The zero-order valence-electron chi connectivity index (χ0n) is 11.6. The summed E-state index contributed by atoms with van der Waals surface area (Å²) in [5.74, 6) is 4.82. The molecule has 110 valence electrons. The van der Waals surface area contributed by atoms with Crippen LogP contribution in [0.25, 0.3) is 0 Å². The summed E-state index contributed by atoms with van der Waals surface area (Å²) in [6, 6.07) is 0. The van der Waals surface area contributed by atoms with Crippen LogP contribution in [0.4, 0.5) is 4.79 Å². The number of hydrogen-bond donors (Lipinski definition) is 2. The van der Waals surface area contributed by atoms with Crippen LogP contribution in [0.1, 0.15) is 40.0 Å². The molecule has 7 heteroatoms. The van der Waals surface area contributed by atoms with Gasteiger partial charge in [-0.3, -0.25) is 4.79 Å². The van der Waals surface area contributed by atoms with Crippen LogP contribution < -0.4 is 5.84 Å². The van der Waals surface area contributed by atoms with Crippen LogP contribution in [-0.2, 0) is 14.3 Å². The zero-order chi connectivity index (χ0) is 14.7. The predicted octanol–water partition coefficient (Wildman–Crippen LogP) is 1.12. The Bertz CT molecular complexity index is 345. The van der Waals surface area contributed by atoms with Crippen molar-refractivity contribution in [1.29, 1.82) is 0 Å². The minimum atomic E-state index is -0.999. The average Bonchev–Trinajstić information content (AvgIpc) is 2.26. The molecule has 0 aromatic carbocycles. The molecule has 0 aromatic heterocycles. The molecule has 0 aromatic rings. The van der Waals surface area contributed by atoms with Crippen LogP contribution >= 0.6 is 0 Å². The summed E-state index contributed by atoms with van der Waals surface area (Å²) in [6.45, 7) is 5.94. The van der Waals surface area contributed by atoms with E-state index >= 15 is 0 Å². The van der Waals surface area contributed by atoms with Gasteiger partial charge in [-0.15, -0.1) is 0 Å². The molecule has 1 fully saturated rings. The topological polar surface area (TPSA) is 102 Å². The molecular weight excluding hydrogens is 252 g/mol. The minimum absolute atomic E-state index is 0.216. The van der Waals surface area contributed by atoms with E-state index < -0.39 is 23.2 Å². The highest BCUT2D eigenvalue weighted by Crippen LogP contribution is 2.30. The Balaban J connectivity index is 2.84. The van der Waals surface area contributed by atoms with Gasteiger partial charge in [0.05, 0.1) is 12.0 Å². The quantitative estimate of drug-likeness (QED) is 0.454. The van der Waals surface area contributed by atoms with Crippen LogP contribution in [0.15, 0.2) is 0 Å². The number of ether oxygens (including phenoxy) is 2. The molecule has 1 amide bonds. The molecular formula is C12H22N2O5. The first-order chi connectivity index (χ1) is 8.66. The standard InChI is InChI=1S/C12H22N2O5/c1-11(2,3)19-10(17)14(13)12(8-9(15)16)4-6-18-7-5-12/h4-8,13H2,1-3H3,(H,15,16). The van der Waals surface area contributed by atoms with Crippen molar-refractivity contribution < 1.29 is 24.2 Å². The summed E-state index contributed by atoms with van der Waals surface area (Å²) in [5, 5.41) is 9.94. The van der Waals surface area contributed by atoms with Crippen LogP contribution in [0.3, 0.4) is 0 Å². The molecule has 0 saturated carbocycles. The third-order valence-corrected chi connectivity index (χ3v) is 3.01. The highest BCUT2D eigenvalue weighted by molar-refractivity contribution is 5.72. The Morgan fingerprint density at radius 2 is 1.89 bits per heavy atom. The van der Waals surface area contributed by atoms with Crippen molar-refractivity contribution in [3.63, 3.8) is 0 Å². The Kier molecular flexibility index (Phi) is 4.75. The number of aliphatic carboxylic acids is 1. The number of amides is 1. The molecule has 0 aliphatic carbocycles. The molecule has 1 aliphatic heterocycles. The van der Waals surface area contributed by atoms with Gasteiger partial charge in [0.15, 0.2) is 0 Å². The largest absolute Gasteiger partial charge is 0.481 e. The molecule has 1 saturated heterocycles. The van der Waals surface area contributed by atoms with Gasteiger partial charge in [0.25, 0.3) is 0 Å². The Hall–Kier alpha value is -1.34. The van der Waals surface area contributed by atoms with E-state index in [1.807, 2.05) is 0 Å². The lowest BCUT2D eigenvalue weighted by Crippen LogP contribution is -2.60.